The van der Waals surface area contributed by atoms with E-state index in [2.05, 4.69) is 26.1 Å². The summed E-state index contributed by atoms with van der Waals surface area (Å²) < 4.78 is 5.37. The average Bonchev–Trinajstić information content (AvgIpc) is 2.24. The van der Waals surface area contributed by atoms with Crippen LogP contribution in [0.15, 0.2) is 0 Å². The molecule has 0 aromatic rings. The summed E-state index contributed by atoms with van der Waals surface area (Å²) >= 11 is 0. The maximum absolute atomic E-state index is 11.6. The van der Waals surface area contributed by atoms with Crippen molar-refractivity contribution < 1.29 is 9.53 Å². The number of hydrogen-bond donors (Lipinski definition) is 2. The quantitative estimate of drug-likeness (QED) is 0.584. The highest BCUT2D eigenvalue weighted by molar-refractivity contribution is 5.78. The van der Waals surface area contributed by atoms with Crippen LogP contribution in [0.3, 0.4) is 0 Å². The molecule has 0 saturated heterocycles. The van der Waals surface area contributed by atoms with Gasteiger partial charge in [0.25, 0.3) is 0 Å². The van der Waals surface area contributed by atoms with Gasteiger partial charge in [0.2, 0.25) is 5.91 Å². The van der Waals surface area contributed by atoms with Crippen molar-refractivity contribution in [3.63, 3.8) is 0 Å². The molecule has 0 fully saturated rings. The zero-order chi connectivity index (χ0) is 12.4. The summed E-state index contributed by atoms with van der Waals surface area (Å²) in [5.74, 6) is 0.542. The van der Waals surface area contributed by atoms with Crippen LogP contribution >= 0.6 is 0 Å². The molecule has 0 aromatic carbocycles. The number of amides is 1. The lowest BCUT2D eigenvalue weighted by Crippen LogP contribution is -2.36. The first-order valence-corrected chi connectivity index (χ1v) is 6.17. The minimum absolute atomic E-state index is 0.0462. The van der Waals surface area contributed by atoms with E-state index >= 15 is 0 Å². The molecule has 0 aliphatic carbocycles. The number of nitrogens with two attached hydrogens (primary N) is 1. The molecule has 1 unspecified atom stereocenters. The summed E-state index contributed by atoms with van der Waals surface area (Å²) in [6, 6.07) is 0. The number of nitrogens with one attached hydrogen (secondary N) is 1. The molecule has 0 bridgehead atoms. The molecule has 16 heavy (non-hydrogen) atoms. The smallest absolute Gasteiger partial charge is 0.224 e. The molecule has 1 atom stereocenters. The zero-order valence-corrected chi connectivity index (χ0v) is 10.8. The van der Waals surface area contributed by atoms with Gasteiger partial charge in [-0.25, -0.2) is 0 Å². The lowest BCUT2D eigenvalue weighted by molar-refractivity contribution is -0.125. The van der Waals surface area contributed by atoms with E-state index in [0.29, 0.717) is 25.6 Å². The van der Waals surface area contributed by atoms with Crippen molar-refractivity contribution in [2.45, 2.75) is 33.6 Å². The lowest BCUT2D eigenvalue weighted by atomic mass is 10.0. The normalized spacial score (nSPS) is 12.8. The van der Waals surface area contributed by atoms with Gasteiger partial charge in [-0.05, 0) is 12.3 Å². The Morgan fingerprint density at radius 2 is 2.12 bits per heavy atom. The van der Waals surface area contributed by atoms with E-state index in [9.17, 15) is 4.79 Å². The fourth-order valence-electron chi connectivity index (χ4n) is 1.41. The first-order chi connectivity index (χ1) is 7.61. The van der Waals surface area contributed by atoms with Crippen LogP contribution in [0.2, 0.25) is 0 Å². The molecule has 0 aliphatic rings. The Bertz CT molecular complexity index is 184. The second kappa shape index (κ2) is 9.60. The number of carbonyl (C=O) groups excluding carboxylic acids is 1. The number of ether oxygens (including phenoxy) is 1. The SMILES string of the molecule is CCCC(CN)C(=O)NCCOCC(C)C. The van der Waals surface area contributed by atoms with Gasteiger partial charge in [-0.15, -0.1) is 0 Å². The summed E-state index contributed by atoms with van der Waals surface area (Å²) in [6.45, 7) is 8.58. The third-order valence-corrected chi connectivity index (χ3v) is 2.29. The van der Waals surface area contributed by atoms with Gasteiger partial charge >= 0.3 is 0 Å². The third-order valence-electron chi connectivity index (χ3n) is 2.29. The molecule has 0 radical (unpaired) electrons. The zero-order valence-electron chi connectivity index (χ0n) is 10.8. The molecule has 4 heteroatoms. The fourth-order valence-corrected chi connectivity index (χ4v) is 1.41. The Balaban J connectivity index is 3.55. The van der Waals surface area contributed by atoms with Crippen LogP contribution in [-0.4, -0.2) is 32.2 Å². The van der Waals surface area contributed by atoms with Crippen molar-refractivity contribution in [1.29, 1.82) is 0 Å². The van der Waals surface area contributed by atoms with Crippen molar-refractivity contribution in [1.82, 2.24) is 5.32 Å². The number of rotatable bonds is 9. The van der Waals surface area contributed by atoms with E-state index in [1.807, 2.05) is 0 Å². The Hall–Kier alpha value is -0.610. The molecule has 4 nitrogen and oxygen atoms in total. The topological polar surface area (TPSA) is 64.4 Å². The van der Waals surface area contributed by atoms with Crippen molar-refractivity contribution in [3.05, 3.63) is 0 Å². The highest BCUT2D eigenvalue weighted by atomic mass is 16.5. The van der Waals surface area contributed by atoms with E-state index in [-0.39, 0.29) is 11.8 Å². The van der Waals surface area contributed by atoms with Crippen molar-refractivity contribution in [2.75, 3.05) is 26.3 Å². The minimum Gasteiger partial charge on any atom is -0.379 e. The first kappa shape index (κ1) is 15.4. The maximum atomic E-state index is 11.6. The molecular formula is C12H26N2O2. The van der Waals surface area contributed by atoms with Crippen LogP contribution < -0.4 is 11.1 Å². The molecule has 0 heterocycles. The number of hydrogen-bond acceptors (Lipinski definition) is 3. The van der Waals surface area contributed by atoms with Crippen LogP contribution in [0.4, 0.5) is 0 Å². The van der Waals surface area contributed by atoms with Gasteiger partial charge in [0.15, 0.2) is 0 Å². The van der Waals surface area contributed by atoms with Gasteiger partial charge in [-0.2, -0.15) is 0 Å². The van der Waals surface area contributed by atoms with E-state index in [1.165, 1.54) is 0 Å². The maximum Gasteiger partial charge on any atom is 0.224 e. The molecule has 3 N–H and O–H groups in total. The van der Waals surface area contributed by atoms with Gasteiger partial charge in [0, 0.05) is 19.7 Å². The van der Waals surface area contributed by atoms with Crippen molar-refractivity contribution in [3.8, 4) is 0 Å². The van der Waals surface area contributed by atoms with E-state index in [4.69, 9.17) is 10.5 Å². The van der Waals surface area contributed by atoms with Gasteiger partial charge in [0.05, 0.1) is 12.5 Å². The highest BCUT2D eigenvalue weighted by Gasteiger charge is 2.14. The van der Waals surface area contributed by atoms with E-state index < -0.39 is 0 Å². The van der Waals surface area contributed by atoms with Gasteiger partial charge < -0.3 is 15.8 Å². The second-order valence-electron chi connectivity index (χ2n) is 4.48. The highest BCUT2D eigenvalue weighted by Crippen LogP contribution is 2.03. The average molecular weight is 230 g/mol. The molecule has 0 spiro atoms. The largest absolute Gasteiger partial charge is 0.379 e. The van der Waals surface area contributed by atoms with Crippen LogP contribution in [0, 0.1) is 11.8 Å². The van der Waals surface area contributed by atoms with Gasteiger partial charge in [-0.3, -0.25) is 4.79 Å². The predicted molar refractivity (Wildman–Crippen MR) is 66.1 cm³/mol. The second-order valence-corrected chi connectivity index (χ2v) is 4.48. The van der Waals surface area contributed by atoms with Gasteiger partial charge in [-0.1, -0.05) is 27.2 Å². The summed E-state index contributed by atoms with van der Waals surface area (Å²) in [5, 5.41) is 2.85. The monoisotopic (exact) mass is 230 g/mol. The van der Waals surface area contributed by atoms with Crippen LogP contribution in [0.25, 0.3) is 0 Å². The van der Waals surface area contributed by atoms with E-state index in [1.54, 1.807) is 0 Å². The molecule has 0 rings (SSSR count). The van der Waals surface area contributed by atoms with Gasteiger partial charge in [0.1, 0.15) is 0 Å². The lowest BCUT2D eigenvalue weighted by Gasteiger charge is -2.14. The Labute approximate surface area is 98.9 Å². The Morgan fingerprint density at radius 1 is 1.44 bits per heavy atom. The summed E-state index contributed by atoms with van der Waals surface area (Å²) in [6.07, 6.45) is 1.84. The third kappa shape index (κ3) is 7.65. The van der Waals surface area contributed by atoms with Crippen LogP contribution in [0.5, 0.6) is 0 Å². The van der Waals surface area contributed by atoms with Crippen molar-refractivity contribution in [2.24, 2.45) is 17.6 Å². The van der Waals surface area contributed by atoms with Crippen molar-refractivity contribution >= 4 is 5.91 Å². The molecule has 0 aliphatic heterocycles. The Morgan fingerprint density at radius 3 is 2.62 bits per heavy atom. The standard InChI is InChI=1S/C12H26N2O2/c1-4-5-11(8-13)12(15)14-6-7-16-9-10(2)3/h10-11H,4-9,13H2,1-3H3,(H,14,15). The Kier molecular flexibility index (Phi) is 9.24. The molecule has 0 saturated carbocycles. The van der Waals surface area contributed by atoms with Crippen LogP contribution in [0.1, 0.15) is 33.6 Å². The molecule has 1 amide bonds. The summed E-state index contributed by atoms with van der Waals surface area (Å²) in [4.78, 5) is 11.6. The number of carbonyl (C=O) groups is 1. The minimum atomic E-state index is -0.0462. The summed E-state index contributed by atoms with van der Waals surface area (Å²) in [5.41, 5.74) is 5.54. The summed E-state index contributed by atoms with van der Waals surface area (Å²) in [7, 11) is 0. The molecule has 96 valence electrons. The van der Waals surface area contributed by atoms with Crippen LogP contribution in [-0.2, 0) is 9.53 Å². The molecular weight excluding hydrogens is 204 g/mol. The van der Waals surface area contributed by atoms with E-state index in [0.717, 1.165) is 19.4 Å². The first-order valence-electron chi connectivity index (χ1n) is 6.17. The fraction of sp³-hybridized carbons (Fsp3) is 0.917. The molecule has 0 aromatic heterocycles. The predicted octanol–water partition coefficient (Wildman–Crippen LogP) is 1.15.